The van der Waals surface area contributed by atoms with E-state index in [0.717, 1.165) is 0 Å². The number of allylic oxidation sites excluding steroid dienone is 1. The van der Waals surface area contributed by atoms with E-state index in [2.05, 4.69) is 6.58 Å². The van der Waals surface area contributed by atoms with Gasteiger partial charge in [-0.15, -0.1) is 0 Å². The number of hydrogen-bond acceptors (Lipinski definition) is 2. The van der Waals surface area contributed by atoms with Gasteiger partial charge in [0.1, 0.15) is 5.78 Å². The van der Waals surface area contributed by atoms with Gasteiger partial charge in [-0.2, -0.15) is 0 Å². The molecule has 0 amide bonds. The number of Topliss-reactive ketones (excluding diaryl/α,β-unsaturated/α-hetero) is 2. The Bertz CT molecular complexity index is 190. The third-order valence-corrected chi connectivity index (χ3v) is 1.53. The number of rotatable bonds is 4. The van der Waals surface area contributed by atoms with E-state index in [1.165, 1.54) is 6.92 Å². The van der Waals surface area contributed by atoms with Crippen molar-refractivity contribution in [1.29, 1.82) is 0 Å². The van der Waals surface area contributed by atoms with Gasteiger partial charge in [0, 0.05) is 12.3 Å². The first kappa shape index (κ1) is 10.1. The summed E-state index contributed by atoms with van der Waals surface area (Å²) in [5.41, 5.74) is 0.406. The smallest absolute Gasteiger partial charge is 0.155 e. The topological polar surface area (TPSA) is 34.1 Å². The fraction of sp³-hybridized carbons (Fsp3) is 0.556. The van der Waals surface area contributed by atoms with Gasteiger partial charge in [-0.25, -0.2) is 0 Å². The molecular formula is C9H14O2. The van der Waals surface area contributed by atoms with Gasteiger partial charge in [0.05, 0.1) is 0 Å². The van der Waals surface area contributed by atoms with Gasteiger partial charge in [-0.1, -0.05) is 20.4 Å². The number of hydrogen-bond donors (Lipinski definition) is 0. The van der Waals surface area contributed by atoms with Crippen LogP contribution in [0.25, 0.3) is 0 Å². The maximum absolute atomic E-state index is 11.0. The van der Waals surface area contributed by atoms with E-state index in [1.54, 1.807) is 0 Å². The highest BCUT2D eigenvalue weighted by Gasteiger charge is 2.10. The van der Waals surface area contributed by atoms with Crippen LogP contribution in [0.2, 0.25) is 0 Å². The third-order valence-electron chi connectivity index (χ3n) is 1.53. The Labute approximate surface area is 67.3 Å². The molecule has 0 aliphatic carbocycles. The van der Waals surface area contributed by atoms with Gasteiger partial charge >= 0.3 is 0 Å². The summed E-state index contributed by atoms with van der Waals surface area (Å²) in [7, 11) is 0. The van der Waals surface area contributed by atoms with Crippen molar-refractivity contribution >= 4 is 11.6 Å². The monoisotopic (exact) mass is 154 g/mol. The highest BCUT2D eigenvalue weighted by molar-refractivity contribution is 5.98. The average Bonchev–Trinajstić information content (AvgIpc) is 1.87. The minimum atomic E-state index is -0.0981. The van der Waals surface area contributed by atoms with Crippen molar-refractivity contribution in [3.05, 3.63) is 12.2 Å². The van der Waals surface area contributed by atoms with E-state index in [1.807, 2.05) is 13.8 Å². The Kier molecular flexibility index (Phi) is 3.72. The highest BCUT2D eigenvalue weighted by Crippen LogP contribution is 2.06. The molecule has 62 valence electrons. The normalized spacial score (nSPS) is 9.82. The molecule has 0 bridgehead atoms. The number of carbonyl (C=O) groups is 2. The maximum atomic E-state index is 11.0. The zero-order chi connectivity index (χ0) is 9.02. The van der Waals surface area contributed by atoms with Crippen LogP contribution in [-0.2, 0) is 9.59 Å². The standard InChI is InChI=1S/C9H14O2/c1-6(2)9(11)5-7(3)8(4)10/h6H,3,5H2,1-2,4H3. The molecule has 0 rings (SSSR count). The van der Waals surface area contributed by atoms with Crippen molar-refractivity contribution in [3.63, 3.8) is 0 Å². The minimum Gasteiger partial charge on any atom is -0.299 e. The largest absolute Gasteiger partial charge is 0.299 e. The quantitative estimate of drug-likeness (QED) is 0.578. The lowest BCUT2D eigenvalue weighted by Crippen LogP contribution is -2.10. The van der Waals surface area contributed by atoms with E-state index >= 15 is 0 Å². The van der Waals surface area contributed by atoms with Crippen LogP contribution in [0, 0.1) is 5.92 Å². The fourth-order valence-electron chi connectivity index (χ4n) is 0.539. The summed E-state index contributed by atoms with van der Waals surface area (Å²) in [6.07, 6.45) is 0.201. The maximum Gasteiger partial charge on any atom is 0.155 e. The van der Waals surface area contributed by atoms with Gasteiger partial charge in [-0.3, -0.25) is 9.59 Å². The van der Waals surface area contributed by atoms with Crippen LogP contribution < -0.4 is 0 Å². The highest BCUT2D eigenvalue weighted by atomic mass is 16.1. The Hall–Kier alpha value is -0.920. The Morgan fingerprint density at radius 2 is 1.82 bits per heavy atom. The van der Waals surface area contributed by atoms with Gasteiger partial charge < -0.3 is 0 Å². The van der Waals surface area contributed by atoms with Crippen molar-refractivity contribution < 1.29 is 9.59 Å². The van der Waals surface area contributed by atoms with E-state index in [-0.39, 0.29) is 23.9 Å². The Balaban J connectivity index is 3.96. The second-order valence-corrected chi connectivity index (χ2v) is 2.96. The molecule has 0 radical (unpaired) electrons. The first-order valence-electron chi connectivity index (χ1n) is 3.66. The van der Waals surface area contributed by atoms with Gasteiger partial charge in [-0.05, 0) is 12.5 Å². The van der Waals surface area contributed by atoms with E-state index in [0.29, 0.717) is 5.57 Å². The average molecular weight is 154 g/mol. The van der Waals surface area contributed by atoms with Crippen molar-refractivity contribution in [2.24, 2.45) is 5.92 Å². The molecule has 0 aromatic carbocycles. The lowest BCUT2D eigenvalue weighted by molar-refractivity contribution is -0.122. The van der Waals surface area contributed by atoms with Crippen molar-refractivity contribution in [1.82, 2.24) is 0 Å². The molecule has 2 heteroatoms. The summed E-state index contributed by atoms with van der Waals surface area (Å²) in [5, 5.41) is 0. The van der Waals surface area contributed by atoms with Gasteiger partial charge in [0.15, 0.2) is 5.78 Å². The first-order valence-corrected chi connectivity index (χ1v) is 3.66. The summed E-state index contributed by atoms with van der Waals surface area (Å²) in [4.78, 5) is 21.7. The van der Waals surface area contributed by atoms with Crippen molar-refractivity contribution in [3.8, 4) is 0 Å². The number of ketones is 2. The Morgan fingerprint density at radius 1 is 1.36 bits per heavy atom. The molecule has 0 aliphatic rings. The third kappa shape index (κ3) is 3.71. The molecule has 0 saturated heterocycles. The second-order valence-electron chi connectivity index (χ2n) is 2.96. The SMILES string of the molecule is C=C(CC(=O)C(C)C)C(C)=O. The van der Waals surface area contributed by atoms with Crippen LogP contribution in [-0.4, -0.2) is 11.6 Å². The van der Waals surface area contributed by atoms with Crippen LogP contribution in [0.5, 0.6) is 0 Å². The molecule has 0 aromatic rings. The molecule has 11 heavy (non-hydrogen) atoms. The van der Waals surface area contributed by atoms with Gasteiger partial charge in [0.2, 0.25) is 0 Å². The summed E-state index contributed by atoms with van der Waals surface area (Å²) in [5.74, 6) is -0.0321. The molecule has 0 aliphatic heterocycles. The predicted molar refractivity (Wildman–Crippen MR) is 44.3 cm³/mol. The molecular weight excluding hydrogens is 140 g/mol. The molecule has 2 nitrogen and oxygen atoms in total. The van der Waals surface area contributed by atoms with Crippen LogP contribution in [0.15, 0.2) is 12.2 Å². The van der Waals surface area contributed by atoms with Gasteiger partial charge in [0.25, 0.3) is 0 Å². The summed E-state index contributed by atoms with van der Waals surface area (Å²) in [6, 6.07) is 0. The second kappa shape index (κ2) is 4.06. The van der Waals surface area contributed by atoms with Crippen molar-refractivity contribution in [2.45, 2.75) is 27.2 Å². The lowest BCUT2D eigenvalue weighted by Gasteiger charge is -2.03. The first-order chi connectivity index (χ1) is 4.95. The molecule has 0 heterocycles. The molecule has 0 spiro atoms. The van der Waals surface area contributed by atoms with Crippen LogP contribution in [0.3, 0.4) is 0 Å². The lowest BCUT2D eigenvalue weighted by atomic mass is 10.0. The molecule has 0 N–H and O–H groups in total. The Morgan fingerprint density at radius 3 is 2.09 bits per heavy atom. The molecule has 0 fully saturated rings. The molecule has 0 saturated carbocycles. The van der Waals surface area contributed by atoms with Crippen LogP contribution in [0.4, 0.5) is 0 Å². The zero-order valence-electron chi connectivity index (χ0n) is 7.31. The van der Waals surface area contributed by atoms with E-state index in [9.17, 15) is 9.59 Å². The van der Waals surface area contributed by atoms with Crippen LogP contribution in [0.1, 0.15) is 27.2 Å². The minimum absolute atomic E-state index is 0.00824. The zero-order valence-corrected chi connectivity index (χ0v) is 7.31. The van der Waals surface area contributed by atoms with E-state index in [4.69, 9.17) is 0 Å². The van der Waals surface area contributed by atoms with Crippen LogP contribution >= 0.6 is 0 Å². The molecule has 0 atom stereocenters. The van der Waals surface area contributed by atoms with Crippen molar-refractivity contribution in [2.75, 3.05) is 0 Å². The predicted octanol–water partition coefficient (Wildman–Crippen LogP) is 1.75. The molecule has 0 aromatic heterocycles. The van der Waals surface area contributed by atoms with E-state index < -0.39 is 0 Å². The summed E-state index contributed by atoms with van der Waals surface area (Å²) in [6.45, 7) is 8.56. The summed E-state index contributed by atoms with van der Waals surface area (Å²) >= 11 is 0. The number of carbonyl (C=O) groups excluding carboxylic acids is 2. The molecule has 0 unspecified atom stereocenters. The fourth-order valence-corrected chi connectivity index (χ4v) is 0.539. The summed E-state index contributed by atoms with van der Waals surface area (Å²) < 4.78 is 0.